The maximum absolute atomic E-state index is 12.5. The van der Waals surface area contributed by atoms with Crippen LogP contribution in [0.25, 0.3) is 10.4 Å². The van der Waals surface area contributed by atoms with Crippen molar-refractivity contribution in [3.05, 3.63) is 83.4 Å². The predicted octanol–water partition coefficient (Wildman–Crippen LogP) is 10.8. The highest BCUT2D eigenvalue weighted by molar-refractivity contribution is 5.98. The highest BCUT2D eigenvalue weighted by atomic mass is 16.5. The Kier molecular flexibility index (Phi) is 56.1. The van der Waals surface area contributed by atoms with Crippen LogP contribution in [0, 0.1) is 32.5 Å². The van der Waals surface area contributed by atoms with Gasteiger partial charge in [-0.05, 0) is 24.8 Å². The van der Waals surface area contributed by atoms with Crippen molar-refractivity contribution in [1.29, 1.82) is 0 Å². The number of carbonyl (C=O) groups excluding carboxylic acids is 12. The maximum Gasteiger partial charge on any atom is 0.308 e. The number of allylic oxidation sites excluding steroid dienone is 3. The molecule has 688 valence electrons. The van der Waals surface area contributed by atoms with Gasteiger partial charge in [-0.1, -0.05) is 223 Å². The van der Waals surface area contributed by atoms with Gasteiger partial charge in [-0.25, -0.2) is 0 Å². The van der Waals surface area contributed by atoms with Crippen molar-refractivity contribution in [2.75, 3.05) is 115 Å². The van der Waals surface area contributed by atoms with E-state index < -0.39 is 114 Å². The molecule has 6 atom stereocenters. The van der Waals surface area contributed by atoms with E-state index in [4.69, 9.17) is 10.3 Å². The minimum atomic E-state index is -1.82. The van der Waals surface area contributed by atoms with Crippen LogP contribution in [-0.2, 0) is 90.7 Å². The van der Waals surface area contributed by atoms with Crippen molar-refractivity contribution in [3.8, 4) is 0 Å². The van der Waals surface area contributed by atoms with Crippen LogP contribution in [-0.4, -0.2) is 259 Å². The van der Waals surface area contributed by atoms with Crippen molar-refractivity contribution in [2.45, 2.75) is 275 Å². The summed E-state index contributed by atoms with van der Waals surface area (Å²) in [6.45, 7) is 45.5. The van der Waals surface area contributed by atoms with Gasteiger partial charge >= 0.3 is 35.8 Å². The molecule has 2 aliphatic heterocycles. The number of nitrogens with one attached hydrogen (secondary N) is 1. The van der Waals surface area contributed by atoms with E-state index in [0.717, 1.165) is 84.8 Å². The Morgan fingerprint density at radius 3 is 0.708 bits per heavy atom. The van der Waals surface area contributed by atoms with Gasteiger partial charge in [-0.15, -0.1) is 0 Å². The number of piperazine rings is 1. The smallest absolute Gasteiger partial charge is 0.308 e. The Labute approximate surface area is 714 Å². The molecule has 7 N–H and O–H groups in total. The fraction of sp³-hybridized carbons (Fsp3) is 0.730. The number of morpholine rings is 1. The minimum Gasteiger partial charge on any atom is -0.469 e. The first-order chi connectivity index (χ1) is 55.1. The Balaban J connectivity index is -0.000000675. The molecule has 0 bridgehead atoms. The second kappa shape index (κ2) is 56.8. The van der Waals surface area contributed by atoms with Gasteiger partial charge in [-0.2, -0.15) is 0 Å². The first-order valence-corrected chi connectivity index (χ1v) is 40.7. The number of Topliss-reactive ketones (excluding diaryl/α,β-unsaturated/α-hetero) is 6. The molecule has 0 aromatic heterocycles. The fourth-order valence-corrected chi connectivity index (χ4v) is 12.0. The van der Waals surface area contributed by atoms with Crippen LogP contribution in [0.3, 0.4) is 0 Å². The molecule has 31 heteroatoms. The van der Waals surface area contributed by atoms with E-state index in [2.05, 4.69) is 53.6 Å². The third-order valence-electron chi connectivity index (χ3n) is 18.3. The van der Waals surface area contributed by atoms with Gasteiger partial charge in [0.05, 0.1) is 94.4 Å². The standard InChI is InChI=1S/C17H30N2O4.C17H29NO5.3C14H24O4.C13H21N3O4/c1-16(2,3)15(21)17(22,13-14(20)23-4)7-5-6-10-19-11-8-18-9-12-19;1-16(2,3)15(20)17(21,13-14(19)22-4)7-5-6-8-18-9-11-23-12-10-18;3*1-6-7-8-9-14(17,10-11(15)18-5)12(16)13(2,3)4;1-12(2,3)11(18)13(19,9-10(17)20-4)7-5-6-8-15-16-14/h5-6,18,22H,7-13H2,1-4H3;5-6,21H,7-13H2,1-4H3;3*7-8,17H,6,9-10H2,1-5H3;5-6,19H,7-9H2,1-4H3/b2*6-5+;3*8-7+;6-5+/t2*17-;3*14-;13-/m111111/s1. The maximum atomic E-state index is 12.5. The van der Waals surface area contributed by atoms with Crippen LogP contribution >= 0.6 is 0 Å². The lowest BCUT2D eigenvalue weighted by atomic mass is 9.77. The van der Waals surface area contributed by atoms with E-state index in [1.807, 2.05) is 51.2 Å². The summed E-state index contributed by atoms with van der Waals surface area (Å²) in [5.41, 5.74) is -6.56. The average Bonchev–Trinajstić information content (AvgIpc) is 0.844. The minimum absolute atomic E-state index is 0.0425. The van der Waals surface area contributed by atoms with Gasteiger partial charge < -0.3 is 69.1 Å². The van der Waals surface area contributed by atoms with E-state index in [1.54, 1.807) is 155 Å². The average molecular weight is 1710 g/mol. The summed E-state index contributed by atoms with van der Waals surface area (Å²) < 4.78 is 32.6. The van der Waals surface area contributed by atoms with Crippen LogP contribution in [0.2, 0.25) is 0 Å². The highest BCUT2D eigenvalue weighted by Gasteiger charge is 2.49. The van der Waals surface area contributed by atoms with Crippen molar-refractivity contribution in [1.82, 2.24) is 15.1 Å². The van der Waals surface area contributed by atoms with Gasteiger partial charge in [0.15, 0.2) is 34.7 Å². The Morgan fingerprint density at radius 1 is 0.333 bits per heavy atom. The Morgan fingerprint density at radius 2 is 0.525 bits per heavy atom. The van der Waals surface area contributed by atoms with Gasteiger partial charge in [0, 0.05) is 135 Å². The van der Waals surface area contributed by atoms with Crippen LogP contribution in [0.4, 0.5) is 0 Å². The molecule has 2 fully saturated rings. The third-order valence-corrected chi connectivity index (χ3v) is 18.3. The lowest BCUT2D eigenvalue weighted by Crippen LogP contribution is -2.47. The lowest BCUT2D eigenvalue weighted by molar-refractivity contribution is -0.157. The number of esters is 6. The summed E-state index contributed by atoms with van der Waals surface area (Å²) in [6.07, 6.45) is 22.2. The van der Waals surface area contributed by atoms with E-state index in [-0.39, 0.29) is 106 Å². The van der Waals surface area contributed by atoms with Gasteiger partial charge in [-0.3, -0.25) is 67.3 Å². The van der Waals surface area contributed by atoms with Crippen LogP contribution < -0.4 is 5.32 Å². The van der Waals surface area contributed by atoms with Gasteiger partial charge in [0.25, 0.3) is 0 Å². The summed E-state index contributed by atoms with van der Waals surface area (Å²) in [5.74, 6) is -5.76. The van der Waals surface area contributed by atoms with Gasteiger partial charge in [0.2, 0.25) is 0 Å². The number of aliphatic hydroxyl groups is 6. The van der Waals surface area contributed by atoms with Crippen molar-refractivity contribution in [3.63, 3.8) is 0 Å². The number of hydrogen-bond acceptors (Lipinski definition) is 29. The number of carbonyl (C=O) groups is 12. The van der Waals surface area contributed by atoms with E-state index >= 15 is 0 Å². The molecular weight excluding hydrogens is 1550 g/mol. The predicted molar refractivity (Wildman–Crippen MR) is 460 cm³/mol. The largest absolute Gasteiger partial charge is 0.469 e. The van der Waals surface area contributed by atoms with Gasteiger partial charge in [0.1, 0.15) is 33.6 Å². The second-order valence-electron chi connectivity index (χ2n) is 35.8. The number of methoxy groups -OCH3 is 6. The molecule has 0 spiro atoms. The molecule has 0 radical (unpaired) electrons. The monoisotopic (exact) mass is 1710 g/mol. The number of ether oxygens (including phenoxy) is 7. The normalized spacial score (nSPS) is 16.8. The molecule has 2 aliphatic rings. The quantitative estimate of drug-likeness (QED) is 0.00750. The first-order valence-electron chi connectivity index (χ1n) is 40.7. The number of ketones is 6. The molecule has 120 heavy (non-hydrogen) atoms. The number of azide groups is 1. The third kappa shape index (κ3) is 48.7. The SMILES string of the molecule is CC/C=C/C[C@@](O)(CC(=O)OC)C(=O)C(C)(C)C.CC/C=C/C[C@@](O)(CC(=O)OC)C(=O)C(C)(C)C.CC/C=C/C[C@@](O)(CC(=O)OC)C(=O)C(C)(C)C.COC(=O)C[C@](O)(C/C=C/CN1CCNCC1)C(=O)C(C)(C)C.COC(=O)C[C@](O)(C/C=C/CN1CCOCC1)C(=O)C(C)(C)C.COC(=O)C[C@](O)(C/C=C/CN=[N+]=[N-])C(=O)C(C)(C)C. The molecule has 2 saturated heterocycles. The zero-order valence-electron chi connectivity index (χ0n) is 77.5. The zero-order valence-corrected chi connectivity index (χ0v) is 77.5. The topological polar surface area (TPSA) is 458 Å². The summed E-state index contributed by atoms with van der Waals surface area (Å²) >= 11 is 0. The number of nitrogens with zero attached hydrogens (tertiary/aromatic N) is 5. The lowest BCUT2D eigenvalue weighted by Gasteiger charge is -2.31. The first kappa shape index (κ1) is 118. The fourth-order valence-electron chi connectivity index (χ4n) is 12.0. The summed E-state index contributed by atoms with van der Waals surface area (Å²) in [6, 6.07) is 0. The molecule has 0 unspecified atom stereocenters. The molecular formula is C89H152N6O25. The molecule has 0 aliphatic carbocycles. The van der Waals surface area contributed by atoms with Crippen molar-refractivity contribution >= 4 is 70.5 Å². The Hall–Kier alpha value is -7.81. The molecule has 2 rings (SSSR count). The molecule has 0 saturated carbocycles. The molecule has 0 aromatic carbocycles. The van der Waals surface area contributed by atoms with Crippen molar-refractivity contribution < 1.29 is 121 Å². The molecule has 0 amide bonds. The van der Waals surface area contributed by atoms with E-state index in [1.165, 1.54) is 54.8 Å². The summed E-state index contributed by atoms with van der Waals surface area (Å²) in [4.78, 5) is 150. The highest BCUT2D eigenvalue weighted by Crippen LogP contribution is 2.35. The number of rotatable bonds is 39. The van der Waals surface area contributed by atoms with Crippen LogP contribution in [0.5, 0.6) is 0 Å². The second-order valence-corrected chi connectivity index (χ2v) is 35.8. The number of hydrogen-bond donors (Lipinski definition) is 7. The van der Waals surface area contributed by atoms with E-state index in [9.17, 15) is 88.2 Å². The molecule has 0 aromatic rings. The summed E-state index contributed by atoms with van der Waals surface area (Å²) in [7, 11) is 7.43. The molecule has 2 heterocycles. The van der Waals surface area contributed by atoms with Crippen LogP contribution in [0.15, 0.2) is 78.0 Å². The zero-order chi connectivity index (χ0) is 94.0. The van der Waals surface area contributed by atoms with E-state index in [0.29, 0.717) is 0 Å². The molecule has 31 nitrogen and oxygen atoms in total. The Bertz CT molecular complexity index is 3190. The van der Waals surface area contributed by atoms with Crippen LogP contribution in [0.1, 0.15) is 242 Å². The summed E-state index contributed by atoms with van der Waals surface area (Å²) in [5, 5.41) is 69.8. The van der Waals surface area contributed by atoms with Crippen molar-refractivity contribution in [2.24, 2.45) is 37.6 Å².